The molecule has 2 aromatic carbocycles. The second-order valence-electron chi connectivity index (χ2n) is 4.37. The Morgan fingerprint density at radius 3 is 2.75 bits per heavy atom. The monoisotopic (exact) mass is 381 g/mol. The minimum absolute atomic E-state index is 0.129. The molecule has 1 N–H and O–H groups in total. The highest BCUT2D eigenvalue weighted by molar-refractivity contribution is 14.1. The third kappa shape index (κ3) is 3.72. The van der Waals surface area contributed by atoms with Gasteiger partial charge in [-0.1, -0.05) is 6.07 Å². The first-order valence-electron chi connectivity index (χ1n) is 6.40. The lowest BCUT2D eigenvalue weighted by molar-refractivity contribution is 0.102. The van der Waals surface area contributed by atoms with Crippen LogP contribution in [0, 0.1) is 10.5 Å². The van der Waals surface area contributed by atoms with Gasteiger partial charge >= 0.3 is 0 Å². The number of amides is 1. The molecule has 0 heterocycles. The van der Waals surface area contributed by atoms with Gasteiger partial charge in [0.25, 0.3) is 5.91 Å². The molecule has 20 heavy (non-hydrogen) atoms. The second-order valence-corrected chi connectivity index (χ2v) is 5.62. The zero-order chi connectivity index (χ0) is 14.5. The zero-order valence-electron chi connectivity index (χ0n) is 11.4. The molecule has 0 saturated heterocycles. The molecular formula is C16H16INO2. The first-order chi connectivity index (χ1) is 9.60. The molecule has 0 unspecified atom stereocenters. The van der Waals surface area contributed by atoms with E-state index in [0.717, 1.165) is 14.8 Å². The maximum Gasteiger partial charge on any atom is 0.255 e. The highest BCUT2D eigenvalue weighted by atomic mass is 127. The van der Waals surface area contributed by atoms with Crippen molar-refractivity contribution in [2.24, 2.45) is 0 Å². The van der Waals surface area contributed by atoms with E-state index in [9.17, 15) is 4.79 Å². The summed E-state index contributed by atoms with van der Waals surface area (Å²) in [5.41, 5.74) is 2.47. The molecule has 0 atom stereocenters. The lowest BCUT2D eigenvalue weighted by Gasteiger charge is -2.10. The largest absolute Gasteiger partial charge is 0.494 e. The molecule has 2 rings (SSSR count). The molecule has 104 valence electrons. The third-order valence-corrected chi connectivity index (χ3v) is 3.51. The lowest BCUT2D eigenvalue weighted by atomic mass is 10.1. The van der Waals surface area contributed by atoms with Crippen LogP contribution in [0.3, 0.4) is 0 Å². The summed E-state index contributed by atoms with van der Waals surface area (Å²) in [6, 6.07) is 13.1. The molecule has 0 aliphatic rings. The summed E-state index contributed by atoms with van der Waals surface area (Å²) in [6.45, 7) is 4.48. The maximum absolute atomic E-state index is 12.2. The van der Waals surface area contributed by atoms with E-state index in [2.05, 4.69) is 27.9 Å². The fourth-order valence-corrected chi connectivity index (χ4v) is 2.50. The molecule has 0 saturated carbocycles. The molecule has 3 nitrogen and oxygen atoms in total. The van der Waals surface area contributed by atoms with E-state index in [0.29, 0.717) is 17.9 Å². The summed E-state index contributed by atoms with van der Waals surface area (Å²) >= 11 is 2.25. The van der Waals surface area contributed by atoms with E-state index in [1.165, 1.54) is 0 Å². The van der Waals surface area contributed by atoms with Crippen LogP contribution in [0.5, 0.6) is 5.75 Å². The number of hydrogen-bond acceptors (Lipinski definition) is 2. The van der Waals surface area contributed by atoms with Crippen molar-refractivity contribution in [2.45, 2.75) is 13.8 Å². The average Bonchev–Trinajstić information content (AvgIpc) is 2.42. The number of anilines is 1. The summed E-state index contributed by atoms with van der Waals surface area (Å²) in [5.74, 6) is 0.579. The van der Waals surface area contributed by atoms with Crippen molar-refractivity contribution in [2.75, 3.05) is 11.9 Å². The van der Waals surface area contributed by atoms with E-state index in [4.69, 9.17) is 4.74 Å². The number of nitrogens with one attached hydrogen (secondary N) is 1. The van der Waals surface area contributed by atoms with Gasteiger partial charge in [-0.25, -0.2) is 0 Å². The molecular weight excluding hydrogens is 365 g/mol. The molecule has 0 spiro atoms. The van der Waals surface area contributed by atoms with Crippen LogP contribution >= 0.6 is 22.6 Å². The number of halogens is 1. The van der Waals surface area contributed by atoms with Gasteiger partial charge in [0, 0.05) is 14.8 Å². The van der Waals surface area contributed by atoms with Crippen LogP contribution in [-0.2, 0) is 0 Å². The molecule has 4 heteroatoms. The predicted octanol–water partition coefficient (Wildman–Crippen LogP) is 4.25. The first-order valence-corrected chi connectivity index (χ1v) is 7.48. The molecule has 0 aliphatic carbocycles. The number of hydrogen-bond donors (Lipinski definition) is 1. The van der Waals surface area contributed by atoms with Crippen LogP contribution in [0.25, 0.3) is 0 Å². The summed E-state index contributed by atoms with van der Waals surface area (Å²) in [7, 11) is 0. The molecule has 1 amide bonds. The Hall–Kier alpha value is -1.56. The standard InChI is InChI=1S/C16H16INO2/c1-3-20-14-6-4-5-12(10-14)16(19)18-15-8-7-13(17)9-11(15)2/h4-10H,3H2,1-2H3,(H,18,19). The van der Waals surface area contributed by atoms with Crippen LogP contribution in [0.1, 0.15) is 22.8 Å². The van der Waals surface area contributed by atoms with Gasteiger partial charge in [0.1, 0.15) is 5.75 Å². The summed E-state index contributed by atoms with van der Waals surface area (Å²) in [6.07, 6.45) is 0. The van der Waals surface area contributed by atoms with Gasteiger partial charge in [-0.15, -0.1) is 0 Å². The van der Waals surface area contributed by atoms with E-state index in [1.807, 2.05) is 44.2 Å². The summed E-state index contributed by atoms with van der Waals surface area (Å²) < 4.78 is 6.55. The Morgan fingerprint density at radius 1 is 1.25 bits per heavy atom. The highest BCUT2D eigenvalue weighted by Crippen LogP contribution is 2.20. The maximum atomic E-state index is 12.2. The number of aryl methyl sites for hydroxylation is 1. The van der Waals surface area contributed by atoms with E-state index in [-0.39, 0.29) is 5.91 Å². The van der Waals surface area contributed by atoms with Crippen molar-refractivity contribution in [1.82, 2.24) is 0 Å². The SMILES string of the molecule is CCOc1cccc(C(=O)Nc2ccc(I)cc2C)c1. The summed E-state index contributed by atoms with van der Waals surface area (Å²) in [4.78, 5) is 12.2. The van der Waals surface area contributed by atoms with Crippen molar-refractivity contribution in [3.8, 4) is 5.75 Å². The average molecular weight is 381 g/mol. The van der Waals surface area contributed by atoms with Gasteiger partial charge in [0.05, 0.1) is 6.61 Å². The fourth-order valence-electron chi connectivity index (χ4n) is 1.86. The number of rotatable bonds is 4. The minimum Gasteiger partial charge on any atom is -0.494 e. The van der Waals surface area contributed by atoms with Crippen molar-refractivity contribution in [3.63, 3.8) is 0 Å². The number of ether oxygens (including phenoxy) is 1. The van der Waals surface area contributed by atoms with Crippen LogP contribution < -0.4 is 10.1 Å². The molecule has 0 aliphatic heterocycles. The Labute approximate surface area is 132 Å². The zero-order valence-corrected chi connectivity index (χ0v) is 13.6. The van der Waals surface area contributed by atoms with Crippen molar-refractivity contribution < 1.29 is 9.53 Å². The van der Waals surface area contributed by atoms with Gasteiger partial charge in [0.2, 0.25) is 0 Å². The predicted molar refractivity (Wildman–Crippen MR) is 89.5 cm³/mol. The molecule has 0 fully saturated rings. The van der Waals surface area contributed by atoms with Gasteiger partial charge in [0.15, 0.2) is 0 Å². The lowest BCUT2D eigenvalue weighted by Crippen LogP contribution is -2.13. The summed E-state index contributed by atoms with van der Waals surface area (Å²) in [5, 5.41) is 2.93. The minimum atomic E-state index is -0.129. The molecule has 2 aromatic rings. The van der Waals surface area contributed by atoms with Crippen molar-refractivity contribution in [1.29, 1.82) is 0 Å². The fraction of sp³-hybridized carbons (Fsp3) is 0.188. The van der Waals surface area contributed by atoms with Crippen molar-refractivity contribution in [3.05, 3.63) is 57.2 Å². The van der Waals surface area contributed by atoms with E-state index < -0.39 is 0 Å². The highest BCUT2D eigenvalue weighted by Gasteiger charge is 2.08. The Balaban J connectivity index is 2.17. The molecule has 0 radical (unpaired) electrons. The second kappa shape index (κ2) is 6.74. The first kappa shape index (κ1) is 14.8. The number of carbonyl (C=O) groups excluding carboxylic acids is 1. The van der Waals surface area contributed by atoms with E-state index >= 15 is 0 Å². The van der Waals surface area contributed by atoms with Gasteiger partial charge in [-0.05, 0) is 78.4 Å². The quantitative estimate of drug-likeness (QED) is 0.805. The van der Waals surface area contributed by atoms with Crippen LogP contribution in [0.2, 0.25) is 0 Å². The van der Waals surface area contributed by atoms with Crippen molar-refractivity contribution >= 4 is 34.2 Å². The Morgan fingerprint density at radius 2 is 2.05 bits per heavy atom. The normalized spacial score (nSPS) is 10.2. The van der Waals surface area contributed by atoms with Crippen LogP contribution in [-0.4, -0.2) is 12.5 Å². The number of benzene rings is 2. The van der Waals surface area contributed by atoms with E-state index in [1.54, 1.807) is 12.1 Å². The Kier molecular flexibility index (Phi) is 5.00. The third-order valence-electron chi connectivity index (χ3n) is 2.84. The van der Waals surface area contributed by atoms with Gasteiger partial charge < -0.3 is 10.1 Å². The van der Waals surface area contributed by atoms with Gasteiger partial charge in [-0.3, -0.25) is 4.79 Å². The smallest absolute Gasteiger partial charge is 0.255 e. The Bertz CT molecular complexity index is 626. The number of carbonyl (C=O) groups is 1. The molecule has 0 aromatic heterocycles. The van der Waals surface area contributed by atoms with Crippen LogP contribution in [0.15, 0.2) is 42.5 Å². The topological polar surface area (TPSA) is 38.3 Å². The van der Waals surface area contributed by atoms with Crippen LogP contribution in [0.4, 0.5) is 5.69 Å². The molecule has 0 bridgehead atoms. The van der Waals surface area contributed by atoms with Gasteiger partial charge in [-0.2, -0.15) is 0 Å².